The van der Waals surface area contributed by atoms with Gasteiger partial charge in [-0.1, -0.05) is 18.1 Å². The van der Waals surface area contributed by atoms with E-state index in [0.29, 0.717) is 22.3 Å². The molecule has 4 rings (SSSR count). The quantitative estimate of drug-likeness (QED) is 0.0608. The highest BCUT2D eigenvalue weighted by Crippen LogP contribution is 2.43. The number of fused-ring (bicyclic) bond motifs is 1. The number of pyridine rings is 1. The van der Waals surface area contributed by atoms with Gasteiger partial charge < -0.3 is 29.6 Å². The summed E-state index contributed by atoms with van der Waals surface area (Å²) >= 11 is 2.32. The average Bonchev–Trinajstić information content (AvgIpc) is 3.55. The molecule has 0 saturated carbocycles. The van der Waals surface area contributed by atoms with E-state index in [-0.39, 0.29) is 18.1 Å². The number of aromatic nitrogens is 3. The van der Waals surface area contributed by atoms with E-state index in [0.717, 1.165) is 36.7 Å². The van der Waals surface area contributed by atoms with Crippen molar-refractivity contribution >= 4 is 101 Å². The number of hydrogen-bond acceptors (Lipinski definition) is 14. The minimum absolute atomic E-state index is 0.0577. The van der Waals surface area contributed by atoms with Gasteiger partial charge in [0.25, 0.3) is 18.7 Å². The summed E-state index contributed by atoms with van der Waals surface area (Å²) in [5, 5.41) is 8.69. The van der Waals surface area contributed by atoms with Crippen LogP contribution in [0, 0.1) is 0 Å². The molecule has 0 spiro atoms. The summed E-state index contributed by atoms with van der Waals surface area (Å²) in [6, 6.07) is 2.82. The predicted molar refractivity (Wildman–Crippen MR) is 199 cm³/mol. The third kappa shape index (κ3) is 9.38. The smallest absolute Gasteiger partial charge is 0.357 e. The van der Waals surface area contributed by atoms with Crippen LogP contribution in [0.3, 0.4) is 0 Å². The van der Waals surface area contributed by atoms with Crippen molar-refractivity contribution in [2.24, 2.45) is 10.1 Å². The Morgan fingerprint density at radius 3 is 2.68 bits per heavy atom. The lowest BCUT2D eigenvalue weighted by Gasteiger charge is -2.49. The number of carbonyl (C=O) groups is 3. The second kappa shape index (κ2) is 18.4. The van der Waals surface area contributed by atoms with Gasteiger partial charge in [-0.25, -0.2) is 13.8 Å². The first-order valence-electron chi connectivity index (χ1n) is 15.3. The molecule has 0 bridgehead atoms. The van der Waals surface area contributed by atoms with E-state index in [2.05, 4.69) is 39.6 Å². The number of nitrogens with zero attached hydrogens (tertiary/aromatic N) is 8. The van der Waals surface area contributed by atoms with Crippen molar-refractivity contribution < 1.29 is 32.7 Å². The number of amides is 2. The van der Waals surface area contributed by atoms with E-state index in [1.165, 1.54) is 16.7 Å². The second-order valence-corrected chi connectivity index (χ2v) is 15.9. The summed E-state index contributed by atoms with van der Waals surface area (Å²) in [4.78, 5) is 57.3. The normalized spacial score (nSPS) is 18.8. The Balaban J connectivity index is 1.66. The minimum Gasteiger partial charge on any atom is -0.452 e. The van der Waals surface area contributed by atoms with Crippen molar-refractivity contribution in [1.29, 1.82) is 0 Å². The summed E-state index contributed by atoms with van der Waals surface area (Å²) in [6.07, 6.45) is 4.44. The standard InChI is InChI=1S/C28H37B2FN10O5P2S2/c1-7-33-23-18(40(47(5)29)13-9-11-38(3)4)10-8-12-39(23)14-17-15-49-26-20(25(43)41(26)21(17)27(44)46-48(6)30)34-24(42)19(36-45-16-31)22-35-28(32-2)50-37-22/h7-8,10,12,20,26H,9,11,13-16H2,1-6H3,(H-,32,34,35,37,42)/p+1/b36-19-. The molecule has 2 aromatic rings. The van der Waals surface area contributed by atoms with Gasteiger partial charge in [-0.05, 0) is 59.4 Å². The second-order valence-electron chi connectivity index (χ2n) is 11.2. The van der Waals surface area contributed by atoms with Gasteiger partial charge in [0.2, 0.25) is 16.7 Å². The van der Waals surface area contributed by atoms with Crippen LogP contribution in [0.25, 0.3) is 0 Å². The Bertz CT molecular complexity index is 1650. The van der Waals surface area contributed by atoms with Crippen LogP contribution in [0.2, 0.25) is 0 Å². The van der Waals surface area contributed by atoms with Crippen LogP contribution in [0.5, 0.6) is 0 Å². The zero-order valence-corrected chi connectivity index (χ0v) is 32.0. The summed E-state index contributed by atoms with van der Waals surface area (Å²) in [5.41, 5.74) is 1.10. The number of anilines is 2. The summed E-state index contributed by atoms with van der Waals surface area (Å²) in [6.45, 7) is 5.89. The Hall–Kier alpha value is -3.17. The number of carbonyl (C=O) groups excluding carboxylic acids is 3. The molecule has 2 aromatic heterocycles. The van der Waals surface area contributed by atoms with Gasteiger partial charge in [-0.3, -0.25) is 14.5 Å². The fourth-order valence-corrected chi connectivity index (χ4v) is 8.34. The number of oxime groups is 1. The van der Waals surface area contributed by atoms with Crippen LogP contribution < -0.4 is 19.9 Å². The molecule has 2 amide bonds. The Kier molecular flexibility index (Phi) is 14.5. The maximum Gasteiger partial charge on any atom is 0.357 e. The molecule has 4 unspecified atom stereocenters. The number of halogens is 1. The van der Waals surface area contributed by atoms with Gasteiger partial charge in [0.15, 0.2) is 7.57 Å². The van der Waals surface area contributed by atoms with Gasteiger partial charge in [-0.2, -0.15) is 9.36 Å². The first kappa shape index (κ1) is 39.6. The molecule has 2 N–H and O–H groups in total. The van der Waals surface area contributed by atoms with E-state index in [1.54, 1.807) is 19.9 Å². The SMILES string of the molecule is [B]P(C)OC(=O)C1=C(C[n+]2cccc(N(CCCN(C)C)P([B])C)c2N=CC)CSC2C(NC(=O)/C(=N\OCF)c3nsc(NC)n3)C(=O)N12. The number of rotatable bonds is 17. The Labute approximate surface area is 304 Å². The van der Waals surface area contributed by atoms with Gasteiger partial charge in [-0.15, -0.1) is 11.8 Å². The highest BCUT2D eigenvalue weighted by molar-refractivity contribution is 8.00. The zero-order valence-electron chi connectivity index (χ0n) is 28.6. The molecule has 4 radical (unpaired) electrons. The molecule has 1 fully saturated rings. The van der Waals surface area contributed by atoms with Crippen molar-refractivity contribution in [1.82, 2.24) is 24.5 Å². The number of aliphatic imine (C=N–C) groups is 1. The van der Waals surface area contributed by atoms with Crippen LogP contribution in [0.4, 0.5) is 21.0 Å². The third-order valence-electron chi connectivity index (χ3n) is 7.29. The van der Waals surface area contributed by atoms with Gasteiger partial charge in [0.1, 0.15) is 43.1 Å². The molecule has 264 valence electrons. The van der Waals surface area contributed by atoms with Crippen LogP contribution in [0.15, 0.2) is 39.7 Å². The lowest BCUT2D eigenvalue weighted by atomic mass is 10.0. The zero-order chi connectivity index (χ0) is 36.5. The van der Waals surface area contributed by atoms with Crippen LogP contribution in [-0.2, 0) is 30.3 Å². The van der Waals surface area contributed by atoms with Crippen molar-refractivity contribution in [3.05, 3.63) is 35.4 Å². The number of alkyl halides is 1. The van der Waals surface area contributed by atoms with Crippen LogP contribution in [-0.4, -0.2) is 136 Å². The molecule has 0 aromatic carbocycles. The van der Waals surface area contributed by atoms with Gasteiger partial charge in [0.05, 0.1) is 6.20 Å². The van der Waals surface area contributed by atoms with E-state index < -0.39 is 57.7 Å². The lowest BCUT2D eigenvalue weighted by molar-refractivity contribution is -0.675. The van der Waals surface area contributed by atoms with E-state index in [1.807, 2.05) is 50.6 Å². The van der Waals surface area contributed by atoms with Crippen molar-refractivity contribution in [2.75, 3.05) is 70.2 Å². The molecule has 50 heavy (non-hydrogen) atoms. The average molecular weight is 761 g/mol. The molecule has 2 aliphatic heterocycles. The molecule has 2 aliphatic rings. The number of β-lactam (4-membered cyclic amide) rings is 1. The van der Waals surface area contributed by atoms with E-state index >= 15 is 0 Å². The maximum absolute atomic E-state index is 13.7. The molecule has 22 heteroatoms. The third-order valence-corrected chi connectivity index (χ3v) is 11.0. The first-order chi connectivity index (χ1) is 23.9. The molecular formula is C28H38B2FN10O5P2S2+. The van der Waals surface area contributed by atoms with Crippen LogP contribution in [0.1, 0.15) is 19.2 Å². The Morgan fingerprint density at radius 2 is 2.06 bits per heavy atom. The number of thioether (sulfide) groups is 1. The van der Waals surface area contributed by atoms with Crippen molar-refractivity contribution in [2.45, 2.75) is 31.3 Å². The summed E-state index contributed by atoms with van der Waals surface area (Å²) in [7, 11) is 15.4. The minimum atomic E-state index is -1.60. The fourth-order valence-electron chi connectivity index (χ4n) is 5.18. The topological polar surface area (TPSA) is 158 Å². The number of nitrogens with one attached hydrogen (secondary N) is 2. The Morgan fingerprint density at radius 1 is 1.30 bits per heavy atom. The van der Waals surface area contributed by atoms with Crippen molar-refractivity contribution in [3.8, 4) is 0 Å². The number of hydrogen-bond donors (Lipinski definition) is 2. The monoisotopic (exact) mass is 761 g/mol. The lowest BCUT2D eigenvalue weighted by Crippen LogP contribution is -2.71. The summed E-state index contributed by atoms with van der Waals surface area (Å²) < 4.78 is 26.4. The van der Waals surface area contributed by atoms with E-state index in [4.69, 9.17) is 24.6 Å². The molecule has 4 heterocycles. The molecule has 0 aliphatic carbocycles. The highest BCUT2D eigenvalue weighted by Gasteiger charge is 2.55. The highest BCUT2D eigenvalue weighted by atomic mass is 32.2. The fraction of sp³-hybridized carbons (Fsp3) is 0.500. The summed E-state index contributed by atoms with van der Waals surface area (Å²) in [5.74, 6) is -1.30. The predicted octanol–water partition coefficient (Wildman–Crippen LogP) is 2.11. The van der Waals surface area contributed by atoms with Crippen molar-refractivity contribution in [3.63, 3.8) is 0 Å². The van der Waals surface area contributed by atoms with E-state index in [9.17, 15) is 18.8 Å². The largest absolute Gasteiger partial charge is 0.452 e. The molecule has 4 atom stereocenters. The molecule has 1 saturated heterocycles. The maximum atomic E-state index is 13.7. The molecule has 15 nitrogen and oxygen atoms in total. The molecular weight excluding hydrogens is 723 g/mol. The first-order valence-corrected chi connectivity index (χ1v) is 20.7. The van der Waals surface area contributed by atoms with Gasteiger partial charge >= 0.3 is 11.8 Å². The van der Waals surface area contributed by atoms with Gasteiger partial charge in [0, 0.05) is 44.5 Å². The van der Waals surface area contributed by atoms with Crippen LogP contribution >= 0.6 is 39.3 Å².